The van der Waals surface area contributed by atoms with Gasteiger partial charge in [-0.15, -0.1) is 0 Å². The number of hydrogen-bond acceptors (Lipinski definition) is 4. The van der Waals surface area contributed by atoms with Gasteiger partial charge >= 0.3 is 0 Å². The number of nitrogens with one attached hydrogen (secondary N) is 1. The summed E-state index contributed by atoms with van der Waals surface area (Å²) in [6.45, 7) is 5.63. The van der Waals surface area contributed by atoms with Gasteiger partial charge in [0, 0.05) is 46.4 Å². The number of hydrogen-bond donors (Lipinski definition) is 1. The summed E-state index contributed by atoms with van der Waals surface area (Å²) in [6.07, 6.45) is 1.61. The maximum absolute atomic E-state index is 12.4. The van der Waals surface area contributed by atoms with Crippen LogP contribution in [0.15, 0.2) is 35.3 Å². The van der Waals surface area contributed by atoms with Crippen LogP contribution in [0.5, 0.6) is 0 Å². The highest BCUT2D eigenvalue weighted by molar-refractivity contribution is 5.82. The fourth-order valence-corrected chi connectivity index (χ4v) is 3.45. The van der Waals surface area contributed by atoms with Gasteiger partial charge in [0.25, 0.3) is 5.91 Å². The van der Waals surface area contributed by atoms with Gasteiger partial charge in [0.05, 0.1) is 13.2 Å². The maximum Gasteiger partial charge on any atom is 0.251 e. The minimum absolute atomic E-state index is 0.143. The van der Waals surface area contributed by atoms with Crippen LogP contribution in [0.2, 0.25) is 0 Å². The summed E-state index contributed by atoms with van der Waals surface area (Å²) in [5.74, 6) is 1.01. The number of aliphatic imine (C=N–C) groups is 1. The van der Waals surface area contributed by atoms with Crippen molar-refractivity contribution in [1.29, 1.82) is 0 Å². The third-order valence-electron chi connectivity index (χ3n) is 4.95. The van der Waals surface area contributed by atoms with E-state index in [0.717, 1.165) is 31.9 Å². The molecule has 2 saturated heterocycles. The van der Waals surface area contributed by atoms with Gasteiger partial charge in [-0.05, 0) is 18.4 Å². The molecule has 27 heavy (non-hydrogen) atoms. The van der Waals surface area contributed by atoms with E-state index in [4.69, 9.17) is 9.47 Å². The van der Waals surface area contributed by atoms with Crippen LogP contribution in [0, 0.1) is 0 Å². The summed E-state index contributed by atoms with van der Waals surface area (Å²) >= 11 is 0. The van der Waals surface area contributed by atoms with E-state index in [1.54, 1.807) is 7.05 Å². The zero-order valence-corrected chi connectivity index (χ0v) is 16.1. The summed E-state index contributed by atoms with van der Waals surface area (Å²) in [6, 6.07) is 10.2. The molecule has 7 heteroatoms. The molecule has 0 spiro atoms. The molecule has 0 radical (unpaired) electrons. The largest absolute Gasteiger partial charge is 0.375 e. The zero-order valence-electron chi connectivity index (χ0n) is 16.1. The highest BCUT2D eigenvalue weighted by Gasteiger charge is 2.30. The Kier molecular flexibility index (Phi) is 7.47. The molecule has 0 saturated carbocycles. The minimum atomic E-state index is -0.226. The molecule has 0 bridgehead atoms. The van der Waals surface area contributed by atoms with Gasteiger partial charge in [0.2, 0.25) is 0 Å². The molecule has 2 fully saturated rings. The van der Waals surface area contributed by atoms with Crippen molar-refractivity contribution < 1.29 is 14.3 Å². The van der Waals surface area contributed by atoms with E-state index in [1.165, 1.54) is 5.56 Å². The van der Waals surface area contributed by atoms with Crippen molar-refractivity contribution in [2.75, 3.05) is 53.0 Å². The summed E-state index contributed by atoms with van der Waals surface area (Å²) in [4.78, 5) is 20.9. The zero-order chi connectivity index (χ0) is 18.9. The summed E-state index contributed by atoms with van der Waals surface area (Å²) < 4.78 is 11.2. The van der Waals surface area contributed by atoms with Crippen molar-refractivity contribution in [2.45, 2.75) is 25.6 Å². The monoisotopic (exact) mass is 374 g/mol. The van der Waals surface area contributed by atoms with E-state index in [-0.39, 0.29) is 12.0 Å². The number of carbonyl (C=O) groups is 1. The van der Waals surface area contributed by atoms with Gasteiger partial charge in [-0.3, -0.25) is 9.79 Å². The Morgan fingerprint density at radius 3 is 2.63 bits per heavy atom. The first-order valence-electron chi connectivity index (χ1n) is 9.75. The standard InChI is InChI=1S/C20H30N4O3/c1-21-20(22-9-15-26-16-17-6-3-2-4-7-17)24-12-10-23(11-13-24)19(25)18-8-5-14-27-18/h2-4,6-7,18H,5,8-16H2,1H3,(H,21,22). The second-order valence-corrected chi connectivity index (χ2v) is 6.83. The molecule has 1 N–H and O–H groups in total. The molecule has 3 rings (SSSR count). The first-order chi connectivity index (χ1) is 13.3. The van der Waals surface area contributed by atoms with Crippen LogP contribution in [0.3, 0.4) is 0 Å². The molecule has 2 heterocycles. The van der Waals surface area contributed by atoms with E-state index >= 15 is 0 Å². The lowest BCUT2D eigenvalue weighted by Crippen LogP contribution is -2.55. The van der Waals surface area contributed by atoms with Crippen LogP contribution in [0.1, 0.15) is 18.4 Å². The molecule has 2 aliphatic heterocycles. The number of benzene rings is 1. The van der Waals surface area contributed by atoms with Gasteiger partial charge in [-0.25, -0.2) is 0 Å². The number of ether oxygens (including phenoxy) is 2. The number of rotatable bonds is 6. The Bertz CT molecular complexity index is 609. The summed E-state index contributed by atoms with van der Waals surface area (Å²) in [7, 11) is 1.79. The lowest BCUT2D eigenvalue weighted by Gasteiger charge is -2.37. The highest BCUT2D eigenvalue weighted by atomic mass is 16.5. The number of carbonyl (C=O) groups excluding carboxylic acids is 1. The lowest BCUT2D eigenvalue weighted by atomic mass is 10.2. The molecular formula is C20H30N4O3. The van der Waals surface area contributed by atoms with Crippen molar-refractivity contribution in [3.8, 4) is 0 Å². The Labute approximate surface area is 161 Å². The molecule has 1 unspecified atom stereocenters. The Balaban J connectivity index is 1.34. The second kappa shape index (κ2) is 10.3. The smallest absolute Gasteiger partial charge is 0.251 e. The molecule has 0 aliphatic carbocycles. The average Bonchev–Trinajstić information content (AvgIpc) is 3.26. The molecule has 148 valence electrons. The SMILES string of the molecule is CN=C(NCCOCc1ccccc1)N1CCN(C(=O)C2CCCO2)CC1. The van der Waals surface area contributed by atoms with Crippen LogP contribution in [-0.4, -0.2) is 80.8 Å². The first-order valence-corrected chi connectivity index (χ1v) is 9.75. The molecular weight excluding hydrogens is 344 g/mol. The van der Waals surface area contributed by atoms with E-state index in [2.05, 4.69) is 27.3 Å². The third kappa shape index (κ3) is 5.68. The van der Waals surface area contributed by atoms with Crippen LogP contribution < -0.4 is 5.32 Å². The number of guanidine groups is 1. The van der Waals surface area contributed by atoms with Crippen molar-refractivity contribution in [3.63, 3.8) is 0 Å². The highest BCUT2D eigenvalue weighted by Crippen LogP contribution is 2.16. The van der Waals surface area contributed by atoms with Gasteiger partial charge in [0.1, 0.15) is 6.10 Å². The molecule has 2 aliphatic rings. The van der Waals surface area contributed by atoms with Gasteiger partial charge in [0.15, 0.2) is 5.96 Å². The molecule has 1 aromatic carbocycles. The minimum Gasteiger partial charge on any atom is -0.375 e. The fourth-order valence-electron chi connectivity index (χ4n) is 3.45. The van der Waals surface area contributed by atoms with E-state index < -0.39 is 0 Å². The fraction of sp³-hybridized carbons (Fsp3) is 0.600. The molecule has 1 atom stereocenters. The third-order valence-corrected chi connectivity index (χ3v) is 4.95. The Morgan fingerprint density at radius 2 is 1.96 bits per heavy atom. The predicted molar refractivity (Wildman–Crippen MR) is 105 cm³/mol. The first kappa shape index (κ1) is 19.6. The van der Waals surface area contributed by atoms with Gasteiger partial charge in [-0.1, -0.05) is 30.3 Å². The molecule has 0 aromatic heterocycles. The summed E-state index contributed by atoms with van der Waals surface area (Å²) in [5.41, 5.74) is 1.17. The van der Waals surface area contributed by atoms with Crippen LogP contribution in [0.25, 0.3) is 0 Å². The number of nitrogens with zero attached hydrogens (tertiary/aromatic N) is 3. The van der Waals surface area contributed by atoms with Gasteiger partial charge < -0.3 is 24.6 Å². The van der Waals surface area contributed by atoms with E-state index in [9.17, 15) is 4.79 Å². The normalized spacial score (nSPS) is 20.8. The predicted octanol–water partition coefficient (Wildman–Crippen LogP) is 1.10. The molecule has 1 amide bonds. The Morgan fingerprint density at radius 1 is 1.22 bits per heavy atom. The van der Waals surface area contributed by atoms with Crippen molar-refractivity contribution in [2.24, 2.45) is 4.99 Å². The van der Waals surface area contributed by atoms with Crippen LogP contribution in [-0.2, 0) is 20.9 Å². The topological polar surface area (TPSA) is 66.4 Å². The Hall–Kier alpha value is -2.12. The van der Waals surface area contributed by atoms with Crippen LogP contribution in [0.4, 0.5) is 0 Å². The van der Waals surface area contributed by atoms with Gasteiger partial charge in [-0.2, -0.15) is 0 Å². The molecule has 7 nitrogen and oxygen atoms in total. The molecule has 1 aromatic rings. The van der Waals surface area contributed by atoms with Crippen LogP contribution >= 0.6 is 0 Å². The maximum atomic E-state index is 12.4. The van der Waals surface area contributed by atoms with Crippen molar-refractivity contribution >= 4 is 11.9 Å². The summed E-state index contributed by atoms with van der Waals surface area (Å²) in [5, 5.41) is 3.35. The number of piperazine rings is 1. The lowest BCUT2D eigenvalue weighted by molar-refractivity contribution is -0.142. The second-order valence-electron chi connectivity index (χ2n) is 6.83. The van der Waals surface area contributed by atoms with Crippen molar-refractivity contribution in [3.05, 3.63) is 35.9 Å². The number of amides is 1. The van der Waals surface area contributed by atoms with E-state index in [0.29, 0.717) is 39.5 Å². The average molecular weight is 374 g/mol. The van der Waals surface area contributed by atoms with Crippen molar-refractivity contribution in [1.82, 2.24) is 15.1 Å². The van der Waals surface area contributed by atoms with E-state index in [1.807, 2.05) is 23.1 Å². The quantitative estimate of drug-likeness (QED) is 0.459.